The standard InChI is InChI=1S/C9H19NO2/c1-5-9(3,4)6-12-8(11)7(2)10/h7H,5-6,10H2,1-4H3/t7-/m0/s1. The Hall–Kier alpha value is -0.570. The van der Waals surface area contributed by atoms with Crippen molar-refractivity contribution in [1.29, 1.82) is 0 Å². The molecule has 0 radical (unpaired) electrons. The summed E-state index contributed by atoms with van der Waals surface area (Å²) in [6.07, 6.45) is 0.985. The van der Waals surface area contributed by atoms with Crippen molar-refractivity contribution in [3.63, 3.8) is 0 Å². The van der Waals surface area contributed by atoms with Crippen molar-refractivity contribution in [2.45, 2.75) is 40.2 Å². The fourth-order valence-corrected chi connectivity index (χ4v) is 0.500. The third-order valence-electron chi connectivity index (χ3n) is 1.93. The maximum Gasteiger partial charge on any atom is 0.322 e. The Morgan fingerprint density at radius 2 is 2.08 bits per heavy atom. The molecule has 3 nitrogen and oxygen atoms in total. The van der Waals surface area contributed by atoms with Crippen molar-refractivity contribution in [3.05, 3.63) is 0 Å². The lowest BCUT2D eigenvalue weighted by molar-refractivity contribution is -0.147. The fourth-order valence-electron chi connectivity index (χ4n) is 0.500. The zero-order chi connectivity index (χ0) is 9.78. The third-order valence-corrected chi connectivity index (χ3v) is 1.93. The highest BCUT2D eigenvalue weighted by Crippen LogP contribution is 2.19. The van der Waals surface area contributed by atoms with Gasteiger partial charge in [0.1, 0.15) is 6.04 Å². The van der Waals surface area contributed by atoms with E-state index in [0.717, 1.165) is 6.42 Å². The Morgan fingerprint density at radius 1 is 1.58 bits per heavy atom. The summed E-state index contributed by atoms with van der Waals surface area (Å²) < 4.78 is 5.00. The Bertz CT molecular complexity index is 153. The van der Waals surface area contributed by atoms with Crippen LogP contribution in [0.3, 0.4) is 0 Å². The zero-order valence-electron chi connectivity index (χ0n) is 8.39. The molecule has 3 heteroatoms. The van der Waals surface area contributed by atoms with Crippen LogP contribution < -0.4 is 5.73 Å². The van der Waals surface area contributed by atoms with Crippen LogP contribution >= 0.6 is 0 Å². The van der Waals surface area contributed by atoms with E-state index in [1.807, 2.05) is 0 Å². The average molecular weight is 173 g/mol. The third kappa shape index (κ3) is 4.34. The lowest BCUT2D eigenvalue weighted by Crippen LogP contribution is -2.31. The Morgan fingerprint density at radius 3 is 2.42 bits per heavy atom. The number of hydrogen-bond acceptors (Lipinski definition) is 3. The Balaban J connectivity index is 3.76. The van der Waals surface area contributed by atoms with Crippen LogP contribution in [0.25, 0.3) is 0 Å². The minimum Gasteiger partial charge on any atom is -0.464 e. The van der Waals surface area contributed by atoms with Crippen LogP contribution in [0.4, 0.5) is 0 Å². The molecule has 0 aliphatic rings. The summed E-state index contributed by atoms with van der Waals surface area (Å²) in [7, 11) is 0. The van der Waals surface area contributed by atoms with Crippen LogP contribution in [-0.2, 0) is 9.53 Å². The molecule has 2 N–H and O–H groups in total. The summed E-state index contributed by atoms with van der Waals surface area (Å²) in [5, 5.41) is 0. The highest BCUT2D eigenvalue weighted by Gasteiger charge is 2.18. The predicted octanol–water partition coefficient (Wildman–Crippen LogP) is 1.31. The van der Waals surface area contributed by atoms with E-state index < -0.39 is 6.04 Å². The number of carbonyl (C=O) groups excluding carboxylic acids is 1. The van der Waals surface area contributed by atoms with Gasteiger partial charge >= 0.3 is 5.97 Å². The van der Waals surface area contributed by atoms with Gasteiger partial charge in [-0.05, 0) is 18.8 Å². The molecule has 0 amide bonds. The molecule has 0 fully saturated rings. The second-order valence-corrected chi connectivity index (χ2v) is 3.91. The molecule has 0 bridgehead atoms. The summed E-state index contributed by atoms with van der Waals surface area (Å²) in [5.41, 5.74) is 5.39. The summed E-state index contributed by atoms with van der Waals surface area (Å²) >= 11 is 0. The van der Waals surface area contributed by atoms with Gasteiger partial charge in [0, 0.05) is 0 Å². The first-order chi connectivity index (χ1) is 5.39. The first-order valence-electron chi connectivity index (χ1n) is 4.31. The van der Waals surface area contributed by atoms with Crippen LogP contribution in [0.2, 0.25) is 0 Å². The fraction of sp³-hybridized carbons (Fsp3) is 0.889. The molecule has 0 saturated carbocycles. The topological polar surface area (TPSA) is 52.3 Å². The number of nitrogens with two attached hydrogens (primary N) is 1. The average Bonchev–Trinajstić information content (AvgIpc) is 2.00. The molecule has 0 aliphatic carbocycles. The lowest BCUT2D eigenvalue weighted by atomic mass is 9.92. The summed E-state index contributed by atoms with van der Waals surface area (Å²) in [5.74, 6) is -0.323. The van der Waals surface area contributed by atoms with Crippen molar-refractivity contribution < 1.29 is 9.53 Å². The van der Waals surface area contributed by atoms with Crippen LogP contribution in [0.5, 0.6) is 0 Å². The Kier molecular flexibility index (Phi) is 4.24. The van der Waals surface area contributed by atoms with Gasteiger partial charge in [0.25, 0.3) is 0 Å². The van der Waals surface area contributed by atoms with Gasteiger partial charge in [-0.25, -0.2) is 0 Å². The van der Waals surface area contributed by atoms with Crippen molar-refractivity contribution in [3.8, 4) is 0 Å². The van der Waals surface area contributed by atoms with Gasteiger partial charge in [-0.2, -0.15) is 0 Å². The quantitative estimate of drug-likeness (QED) is 0.652. The maximum atomic E-state index is 11.0. The number of rotatable bonds is 4. The minimum absolute atomic E-state index is 0.0601. The van der Waals surface area contributed by atoms with E-state index >= 15 is 0 Å². The zero-order valence-corrected chi connectivity index (χ0v) is 8.39. The van der Waals surface area contributed by atoms with Crippen LogP contribution in [-0.4, -0.2) is 18.6 Å². The highest BCUT2D eigenvalue weighted by atomic mass is 16.5. The van der Waals surface area contributed by atoms with Gasteiger partial charge in [0.2, 0.25) is 0 Å². The van der Waals surface area contributed by atoms with Gasteiger partial charge in [0.15, 0.2) is 0 Å². The molecule has 0 aliphatic heterocycles. The van der Waals surface area contributed by atoms with Gasteiger partial charge < -0.3 is 10.5 Å². The Labute approximate surface area is 74.3 Å². The first kappa shape index (κ1) is 11.4. The normalized spacial score (nSPS) is 14.1. The van der Waals surface area contributed by atoms with Crippen LogP contribution in [0.15, 0.2) is 0 Å². The van der Waals surface area contributed by atoms with E-state index in [4.69, 9.17) is 10.5 Å². The molecule has 1 atom stereocenters. The largest absolute Gasteiger partial charge is 0.464 e. The van der Waals surface area contributed by atoms with Crippen molar-refractivity contribution in [1.82, 2.24) is 0 Å². The second-order valence-electron chi connectivity index (χ2n) is 3.91. The summed E-state index contributed by atoms with van der Waals surface area (Å²) in [6, 6.07) is -0.516. The molecule has 72 valence electrons. The number of carbonyl (C=O) groups is 1. The molecule has 0 spiro atoms. The molecule has 0 unspecified atom stereocenters. The molecule has 0 heterocycles. The highest BCUT2D eigenvalue weighted by molar-refractivity contribution is 5.74. The molecular formula is C9H19NO2. The van der Waals surface area contributed by atoms with E-state index in [0.29, 0.717) is 6.61 Å². The van der Waals surface area contributed by atoms with Crippen LogP contribution in [0, 0.1) is 5.41 Å². The second kappa shape index (κ2) is 4.45. The first-order valence-corrected chi connectivity index (χ1v) is 4.31. The van der Waals surface area contributed by atoms with E-state index in [1.54, 1.807) is 6.92 Å². The van der Waals surface area contributed by atoms with E-state index in [9.17, 15) is 4.79 Å². The van der Waals surface area contributed by atoms with Crippen molar-refractivity contribution in [2.75, 3.05) is 6.61 Å². The van der Waals surface area contributed by atoms with Gasteiger partial charge in [-0.3, -0.25) is 4.79 Å². The summed E-state index contributed by atoms with van der Waals surface area (Å²) in [4.78, 5) is 11.0. The van der Waals surface area contributed by atoms with Crippen molar-refractivity contribution >= 4 is 5.97 Å². The summed E-state index contributed by atoms with van der Waals surface area (Å²) in [6.45, 7) is 8.26. The molecule has 0 rings (SSSR count). The number of ether oxygens (including phenoxy) is 1. The monoisotopic (exact) mass is 173 g/mol. The van der Waals surface area contributed by atoms with E-state index in [-0.39, 0.29) is 11.4 Å². The SMILES string of the molecule is CCC(C)(C)COC(=O)[C@H](C)N. The molecular weight excluding hydrogens is 154 g/mol. The molecule has 12 heavy (non-hydrogen) atoms. The molecule has 0 aromatic rings. The minimum atomic E-state index is -0.516. The molecule has 0 saturated heterocycles. The predicted molar refractivity (Wildman–Crippen MR) is 48.7 cm³/mol. The van der Waals surface area contributed by atoms with Crippen LogP contribution in [0.1, 0.15) is 34.1 Å². The smallest absolute Gasteiger partial charge is 0.322 e. The maximum absolute atomic E-state index is 11.0. The molecule has 0 aromatic carbocycles. The lowest BCUT2D eigenvalue weighted by Gasteiger charge is -2.22. The number of esters is 1. The number of hydrogen-bond donors (Lipinski definition) is 1. The molecule has 0 aromatic heterocycles. The van der Waals surface area contributed by atoms with Crippen molar-refractivity contribution in [2.24, 2.45) is 11.1 Å². The van der Waals surface area contributed by atoms with Gasteiger partial charge in [-0.15, -0.1) is 0 Å². The van der Waals surface area contributed by atoms with E-state index in [1.165, 1.54) is 0 Å². The van der Waals surface area contributed by atoms with Gasteiger partial charge in [0.05, 0.1) is 6.61 Å². The van der Waals surface area contributed by atoms with Gasteiger partial charge in [-0.1, -0.05) is 20.8 Å². The van der Waals surface area contributed by atoms with E-state index in [2.05, 4.69) is 20.8 Å².